The number of hydrogen-bond donors (Lipinski definition) is 1. The molecule has 3 aromatic rings. The molecule has 186 valence electrons. The van der Waals surface area contributed by atoms with Crippen LogP contribution >= 0.6 is 0 Å². The fraction of sp³-hybridized carbons (Fsp3) is 0.207. The van der Waals surface area contributed by atoms with Crippen molar-refractivity contribution in [2.24, 2.45) is 0 Å². The number of allylic oxidation sites excluding steroid dienone is 1. The third-order valence-electron chi connectivity index (χ3n) is 5.93. The Kier molecular flexibility index (Phi) is 7.49. The number of rotatable bonds is 9. The van der Waals surface area contributed by atoms with Crippen molar-refractivity contribution in [2.45, 2.75) is 6.42 Å². The zero-order valence-electron chi connectivity index (χ0n) is 21.0. The highest BCUT2D eigenvalue weighted by Gasteiger charge is 2.21. The molecule has 0 bridgehead atoms. The highest BCUT2D eigenvalue weighted by Crippen LogP contribution is 2.39. The molecule has 7 nitrogen and oxygen atoms in total. The maximum atomic E-state index is 13.4. The Hall–Kier alpha value is -4.39. The third kappa shape index (κ3) is 5.00. The molecule has 0 aromatic heterocycles. The van der Waals surface area contributed by atoms with Gasteiger partial charge in [0.05, 0.1) is 41.2 Å². The van der Waals surface area contributed by atoms with Crippen LogP contribution in [-0.2, 0) is 11.2 Å². The number of Topliss-reactive ketones (excluding diaryl/α,β-unsaturated/α-hetero) is 1. The zero-order valence-corrected chi connectivity index (χ0v) is 21.0. The first-order valence-electron chi connectivity index (χ1n) is 11.3. The number of fused-ring (bicyclic) bond motifs is 1. The largest absolute Gasteiger partial charge is 0.493 e. The van der Waals surface area contributed by atoms with Gasteiger partial charge in [-0.05, 0) is 53.1 Å². The monoisotopic (exact) mass is 487 g/mol. The number of benzene rings is 3. The molecule has 1 aliphatic rings. The topological polar surface area (TPSA) is 75.3 Å². The van der Waals surface area contributed by atoms with Crippen molar-refractivity contribution < 1.29 is 28.5 Å². The van der Waals surface area contributed by atoms with Gasteiger partial charge in [-0.3, -0.25) is 4.79 Å². The van der Waals surface area contributed by atoms with E-state index in [9.17, 15) is 4.79 Å². The minimum absolute atomic E-state index is 0.0722. The van der Waals surface area contributed by atoms with Gasteiger partial charge in [-0.2, -0.15) is 0 Å². The van der Waals surface area contributed by atoms with Crippen LogP contribution in [0.2, 0.25) is 0 Å². The number of hydrogen-bond acceptors (Lipinski definition) is 7. The van der Waals surface area contributed by atoms with Crippen molar-refractivity contribution >= 4 is 23.6 Å². The van der Waals surface area contributed by atoms with E-state index in [1.54, 1.807) is 47.7 Å². The van der Waals surface area contributed by atoms with Crippen LogP contribution < -0.4 is 29.0 Å². The Morgan fingerprint density at radius 3 is 2.08 bits per heavy atom. The first kappa shape index (κ1) is 24.7. The summed E-state index contributed by atoms with van der Waals surface area (Å²) in [5, 5.41) is 3.34. The van der Waals surface area contributed by atoms with Gasteiger partial charge in [0.2, 0.25) is 5.75 Å². The molecule has 0 saturated carbocycles. The Balaban J connectivity index is 1.67. The molecule has 0 spiro atoms. The Labute approximate surface area is 210 Å². The van der Waals surface area contributed by atoms with Gasteiger partial charge in [0.15, 0.2) is 28.8 Å². The summed E-state index contributed by atoms with van der Waals surface area (Å²) in [6.45, 7) is 0. The van der Waals surface area contributed by atoms with Gasteiger partial charge in [-0.15, -0.1) is 0 Å². The van der Waals surface area contributed by atoms with E-state index in [2.05, 4.69) is 5.32 Å². The number of methoxy groups -OCH3 is 5. The summed E-state index contributed by atoms with van der Waals surface area (Å²) in [5.74, 6) is 2.70. The van der Waals surface area contributed by atoms with Gasteiger partial charge in [-0.25, -0.2) is 0 Å². The first-order valence-corrected chi connectivity index (χ1v) is 11.3. The number of ether oxygens (including phenoxy) is 5. The second-order valence-electron chi connectivity index (χ2n) is 8.08. The molecular formula is C29H29NO6. The summed E-state index contributed by atoms with van der Waals surface area (Å²) in [6, 6.07) is 17.2. The van der Waals surface area contributed by atoms with Crippen LogP contribution in [0.25, 0.3) is 17.8 Å². The van der Waals surface area contributed by atoms with E-state index in [1.165, 1.54) is 0 Å². The number of carbonyl (C=O) groups is 1. The van der Waals surface area contributed by atoms with Crippen LogP contribution in [0.1, 0.15) is 22.3 Å². The molecule has 0 atom stereocenters. The van der Waals surface area contributed by atoms with Crippen molar-refractivity contribution in [2.75, 3.05) is 35.5 Å². The van der Waals surface area contributed by atoms with Crippen molar-refractivity contribution in [1.82, 2.24) is 5.32 Å². The Morgan fingerprint density at radius 1 is 0.778 bits per heavy atom. The van der Waals surface area contributed by atoms with Gasteiger partial charge in [0.1, 0.15) is 0 Å². The zero-order chi connectivity index (χ0) is 25.7. The van der Waals surface area contributed by atoms with E-state index in [0.29, 0.717) is 34.4 Å². The molecule has 0 amide bonds. The molecule has 0 radical (unpaired) electrons. The lowest BCUT2D eigenvalue weighted by atomic mass is 9.95. The summed E-state index contributed by atoms with van der Waals surface area (Å²) >= 11 is 0. The van der Waals surface area contributed by atoms with Gasteiger partial charge >= 0.3 is 0 Å². The number of ketones is 1. The summed E-state index contributed by atoms with van der Waals surface area (Å²) in [5.41, 5.74) is 4.92. The molecule has 1 N–H and O–H groups in total. The summed E-state index contributed by atoms with van der Waals surface area (Å²) in [6.07, 6.45) is 4.02. The van der Waals surface area contributed by atoms with E-state index in [4.69, 9.17) is 23.7 Å². The molecule has 0 saturated heterocycles. The number of nitrogens with one attached hydrogen (secondary N) is 1. The van der Waals surface area contributed by atoms with Crippen molar-refractivity contribution in [3.63, 3.8) is 0 Å². The van der Waals surface area contributed by atoms with Crippen molar-refractivity contribution in [3.8, 4) is 28.7 Å². The molecule has 7 heteroatoms. The average Bonchev–Trinajstić information content (AvgIpc) is 2.92. The molecular weight excluding hydrogens is 458 g/mol. The maximum absolute atomic E-state index is 13.4. The fourth-order valence-electron chi connectivity index (χ4n) is 4.16. The minimum atomic E-state index is -0.0722. The lowest BCUT2D eigenvalue weighted by Crippen LogP contribution is -2.24. The third-order valence-corrected chi connectivity index (χ3v) is 5.93. The molecule has 0 unspecified atom stereocenters. The van der Waals surface area contributed by atoms with Gasteiger partial charge in [0.25, 0.3) is 0 Å². The van der Waals surface area contributed by atoms with E-state index < -0.39 is 0 Å². The lowest BCUT2D eigenvalue weighted by molar-refractivity contribution is -0.115. The lowest BCUT2D eigenvalue weighted by Gasteiger charge is -2.22. The van der Waals surface area contributed by atoms with Gasteiger partial charge < -0.3 is 29.0 Å². The van der Waals surface area contributed by atoms with Crippen LogP contribution in [0.3, 0.4) is 0 Å². The fourth-order valence-corrected chi connectivity index (χ4v) is 4.16. The Morgan fingerprint density at radius 2 is 1.44 bits per heavy atom. The van der Waals surface area contributed by atoms with E-state index in [0.717, 1.165) is 28.0 Å². The predicted molar refractivity (Wildman–Crippen MR) is 140 cm³/mol. The normalized spacial score (nSPS) is 13.2. The van der Waals surface area contributed by atoms with Gasteiger partial charge in [0, 0.05) is 17.7 Å². The van der Waals surface area contributed by atoms with Crippen LogP contribution in [-0.4, -0.2) is 41.3 Å². The second kappa shape index (κ2) is 10.9. The van der Waals surface area contributed by atoms with Crippen molar-refractivity contribution in [3.05, 3.63) is 82.5 Å². The maximum Gasteiger partial charge on any atom is 0.203 e. The second-order valence-corrected chi connectivity index (χ2v) is 8.08. The molecule has 0 aliphatic carbocycles. The summed E-state index contributed by atoms with van der Waals surface area (Å²) in [4.78, 5) is 13.4. The first-order chi connectivity index (χ1) is 17.5. The molecule has 4 rings (SSSR count). The summed E-state index contributed by atoms with van der Waals surface area (Å²) in [7, 11) is 7.86. The predicted octanol–water partition coefficient (Wildman–Crippen LogP) is 4.98. The molecule has 1 heterocycles. The highest BCUT2D eigenvalue weighted by molar-refractivity contribution is 6.05. The van der Waals surface area contributed by atoms with Crippen LogP contribution in [0, 0.1) is 0 Å². The Bertz CT molecular complexity index is 1320. The van der Waals surface area contributed by atoms with Crippen LogP contribution in [0.5, 0.6) is 28.7 Å². The van der Waals surface area contributed by atoms with E-state index >= 15 is 0 Å². The summed E-state index contributed by atoms with van der Waals surface area (Å²) < 4.78 is 27.1. The molecule has 3 aromatic carbocycles. The van der Waals surface area contributed by atoms with E-state index in [-0.39, 0.29) is 12.2 Å². The average molecular weight is 488 g/mol. The van der Waals surface area contributed by atoms with Crippen LogP contribution in [0.4, 0.5) is 0 Å². The SMILES string of the molecule is COc1ccc(C=C2NC(C(=O)Cc3cc(OC)c(OC)c(OC)c3)=Cc3ccccc32)cc1OC. The molecule has 1 aliphatic heterocycles. The van der Waals surface area contributed by atoms with Crippen LogP contribution in [0.15, 0.2) is 60.3 Å². The number of carbonyl (C=O) groups excluding carboxylic acids is 1. The van der Waals surface area contributed by atoms with E-state index in [1.807, 2.05) is 54.6 Å². The minimum Gasteiger partial charge on any atom is -0.493 e. The smallest absolute Gasteiger partial charge is 0.203 e. The van der Waals surface area contributed by atoms with Crippen molar-refractivity contribution in [1.29, 1.82) is 0 Å². The van der Waals surface area contributed by atoms with Gasteiger partial charge in [-0.1, -0.05) is 30.3 Å². The molecule has 0 fully saturated rings. The quantitative estimate of drug-likeness (QED) is 0.456. The molecule has 36 heavy (non-hydrogen) atoms. The highest BCUT2D eigenvalue weighted by atomic mass is 16.5. The standard InChI is InChI=1S/C29H29NO6/c1-32-25-11-10-18(14-26(25)33-2)12-22-21-9-7-6-8-20(21)17-23(30-22)24(31)13-19-15-27(34-3)29(36-5)28(16-19)35-4/h6-12,14-17,30H,13H2,1-5H3.